The van der Waals surface area contributed by atoms with Gasteiger partial charge in [-0.1, -0.05) is 39.5 Å². The summed E-state index contributed by atoms with van der Waals surface area (Å²) < 4.78 is 0. The summed E-state index contributed by atoms with van der Waals surface area (Å²) in [5.74, 6) is 1.07. The van der Waals surface area contributed by atoms with E-state index in [1.807, 2.05) is 25.6 Å². The number of carbonyl (C=O) groups is 1. The second-order valence-electron chi connectivity index (χ2n) is 6.42. The van der Waals surface area contributed by atoms with Crippen LogP contribution in [0, 0.1) is 0 Å². The third-order valence-electron chi connectivity index (χ3n) is 4.59. The van der Waals surface area contributed by atoms with Crippen LogP contribution in [0.1, 0.15) is 65.2 Å². The van der Waals surface area contributed by atoms with Gasteiger partial charge in [0.05, 0.1) is 12.1 Å². The summed E-state index contributed by atoms with van der Waals surface area (Å²) in [6.07, 6.45) is 10.1. The van der Waals surface area contributed by atoms with Gasteiger partial charge >= 0.3 is 6.03 Å². The molecular weight excluding hydrogens is 320 g/mol. The second kappa shape index (κ2) is 13.8. The molecular formula is C18H38N4OS. The minimum Gasteiger partial charge on any atom is -0.332 e. The lowest BCUT2D eigenvalue weighted by Gasteiger charge is -2.16. The van der Waals surface area contributed by atoms with Crippen molar-refractivity contribution in [2.75, 3.05) is 25.4 Å². The summed E-state index contributed by atoms with van der Waals surface area (Å²) in [6.45, 7) is 7.11. The minimum atomic E-state index is 0.0240. The molecule has 5 N–H and O–H groups in total. The number of carbonyl (C=O) groups excluding carboxylic acids is 1. The van der Waals surface area contributed by atoms with Crippen LogP contribution >= 0.6 is 11.8 Å². The number of urea groups is 1. The second-order valence-corrected chi connectivity index (χ2v) is 7.70. The average Bonchev–Trinajstić information content (AvgIpc) is 3.14. The molecule has 0 unspecified atom stereocenters. The van der Waals surface area contributed by atoms with Gasteiger partial charge in [0.2, 0.25) is 0 Å². The number of hydrogen-bond acceptors (Lipinski definition) is 4. The Morgan fingerprint density at radius 3 is 2.42 bits per heavy atom. The van der Waals surface area contributed by atoms with Crippen LogP contribution in [-0.4, -0.2) is 48.8 Å². The molecule has 2 heterocycles. The number of unbranched alkanes of at least 4 members (excludes halogenated alkanes) is 5. The van der Waals surface area contributed by atoms with E-state index in [2.05, 4.69) is 16.0 Å². The van der Waals surface area contributed by atoms with E-state index in [0.29, 0.717) is 17.3 Å². The standard InChI is InChI=1S/C16H32N4OS.C2H6/c17-9-5-1-2-6-10-18-11-7-3-4-8-14-15-13(12-22-14)19-16(21)20-15;1-2/h13-15,18H,1-12,17H2,(H2,19,20,21);1-2H3/t13-,14-,15-;/m0./s1. The number of nitrogens with two attached hydrogens (primary N) is 1. The summed E-state index contributed by atoms with van der Waals surface area (Å²) in [5, 5.41) is 10.2. The number of amides is 2. The molecule has 2 rings (SSSR count). The van der Waals surface area contributed by atoms with E-state index in [1.54, 1.807) is 0 Å². The normalized spacial score (nSPS) is 24.8. The van der Waals surface area contributed by atoms with Crippen LogP contribution in [0.4, 0.5) is 4.79 Å². The van der Waals surface area contributed by atoms with Gasteiger partial charge in [-0.3, -0.25) is 0 Å². The largest absolute Gasteiger partial charge is 0.332 e. The first-order valence-corrected chi connectivity index (χ1v) is 11.0. The molecule has 0 aromatic rings. The highest BCUT2D eigenvalue weighted by atomic mass is 32.2. The molecule has 2 aliphatic heterocycles. The number of thioether (sulfide) groups is 1. The smallest absolute Gasteiger partial charge is 0.315 e. The van der Waals surface area contributed by atoms with E-state index in [9.17, 15) is 4.79 Å². The molecule has 2 saturated heterocycles. The predicted octanol–water partition coefficient (Wildman–Crippen LogP) is 2.85. The Morgan fingerprint density at radius 2 is 1.71 bits per heavy atom. The third-order valence-corrected chi connectivity index (χ3v) is 6.10. The van der Waals surface area contributed by atoms with Crippen LogP contribution in [0.5, 0.6) is 0 Å². The maximum atomic E-state index is 11.3. The quantitative estimate of drug-likeness (QED) is 0.319. The number of nitrogens with one attached hydrogen (secondary N) is 3. The van der Waals surface area contributed by atoms with Gasteiger partial charge < -0.3 is 21.7 Å². The zero-order valence-electron chi connectivity index (χ0n) is 15.6. The highest BCUT2D eigenvalue weighted by Crippen LogP contribution is 2.33. The Morgan fingerprint density at radius 1 is 1.04 bits per heavy atom. The number of rotatable bonds is 12. The van der Waals surface area contributed by atoms with Gasteiger partial charge in [-0.05, 0) is 45.3 Å². The predicted molar refractivity (Wildman–Crippen MR) is 106 cm³/mol. The SMILES string of the molecule is CC.NCCCCCCNCCCCC[C@@H]1SC[C@@H]2NC(=O)N[C@@H]21. The van der Waals surface area contributed by atoms with E-state index >= 15 is 0 Å². The molecule has 24 heavy (non-hydrogen) atoms. The molecule has 0 spiro atoms. The molecule has 6 heteroatoms. The van der Waals surface area contributed by atoms with Crippen LogP contribution in [0.15, 0.2) is 0 Å². The van der Waals surface area contributed by atoms with Crippen molar-refractivity contribution in [3.8, 4) is 0 Å². The molecule has 0 aliphatic carbocycles. The van der Waals surface area contributed by atoms with E-state index in [0.717, 1.165) is 31.8 Å². The fraction of sp³-hybridized carbons (Fsp3) is 0.944. The summed E-state index contributed by atoms with van der Waals surface area (Å²) >= 11 is 2.02. The molecule has 3 atom stereocenters. The first kappa shape index (κ1) is 21.6. The Hall–Kier alpha value is -0.460. The summed E-state index contributed by atoms with van der Waals surface area (Å²) in [5.41, 5.74) is 5.48. The topological polar surface area (TPSA) is 79.2 Å². The molecule has 0 aromatic carbocycles. The van der Waals surface area contributed by atoms with Crippen LogP contribution in [0.3, 0.4) is 0 Å². The molecule has 0 radical (unpaired) electrons. The summed E-state index contributed by atoms with van der Waals surface area (Å²) in [6, 6.07) is 0.753. The zero-order valence-corrected chi connectivity index (χ0v) is 16.4. The maximum absolute atomic E-state index is 11.3. The lowest BCUT2D eigenvalue weighted by Crippen LogP contribution is -2.36. The monoisotopic (exact) mass is 358 g/mol. The van der Waals surface area contributed by atoms with Crippen molar-refractivity contribution >= 4 is 17.8 Å². The molecule has 2 fully saturated rings. The molecule has 5 nitrogen and oxygen atoms in total. The first-order chi connectivity index (χ1) is 11.8. The van der Waals surface area contributed by atoms with Gasteiger partial charge in [0.1, 0.15) is 0 Å². The maximum Gasteiger partial charge on any atom is 0.315 e. The van der Waals surface area contributed by atoms with Crippen molar-refractivity contribution in [1.82, 2.24) is 16.0 Å². The van der Waals surface area contributed by atoms with Crippen molar-refractivity contribution in [3.05, 3.63) is 0 Å². The number of fused-ring (bicyclic) bond motifs is 1. The lowest BCUT2D eigenvalue weighted by atomic mass is 10.0. The van der Waals surface area contributed by atoms with E-state index in [1.165, 1.54) is 44.9 Å². The van der Waals surface area contributed by atoms with Gasteiger partial charge in [-0.2, -0.15) is 11.8 Å². The van der Waals surface area contributed by atoms with Crippen molar-refractivity contribution in [3.63, 3.8) is 0 Å². The van der Waals surface area contributed by atoms with Gasteiger partial charge in [0.25, 0.3) is 0 Å². The fourth-order valence-electron chi connectivity index (χ4n) is 3.29. The van der Waals surface area contributed by atoms with E-state index in [-0.39, 0.29) is 6.03 Å². The molecule has 142 valence electrons. The highest BCUT2D eigenvalue weighted by molar-refractivity contribution is 8.00. The Labute approximate surface area is 152 Å². The van der Waals surface area contributed by atoms with Crippen molar-refractivity contribution in [1.29, 1.82) is 0 Å². The van der Waals surface area contributed by atoms with Gasteiger partial charge in [-0.25, -0.2) is 4.79 Å². The molecule has 2 aliphatic rings. The Balaban J connectivity index is 0.00000139. The van der Waals surface area contributed by atoms with E-state index < -0.39 is 0 Å². The van der Waals surface area contributed by atoms with Crippen LogP contribution < -0.4 is 21.7 Å². The van der Waals surface area contributed by atoms with Gasteiger partial charge in [0, 0.05) is 11.0 Å². The van der Waals surface area contributed by atoms with Crippen LogP contribution in [0.2, 0.25) is 0 Å². The van der Waals surface area contributed by atoms with Crippen molar-refractivity contribution in [2.24, 2.45) is 5.73 Å². The van der Waals surface area contributed by atoms with Crippen LogP contribution in [0.25, 0.3) is 0 Å². The summed E-state index contributed by atoms with van der Waals surface area (Å²) in [4.78, 5) is 11.3. The van der Waals surface area contributed by atoms with E-state index in [4.69, 9.17) is 5.73 Å². The molecule has 2 amide bonds. The van der Waals surface area contributed by atoms with Gasteiger partial charge in [-0.15, -0.1) is 0 Å². The van der Waals surface area contributed by atoms with Crippen molar-refractivity contribution in [2.45, 2.75) is 82.5 Å². The van der Waals surface area contributed by atoms with Gasteiger partial charge in [0.15, 0.2) is 0 Å². The van der Waals surface area contributed by atoms with Crippen LogP contribution in [-0.2, 0) is 0 Å². The average molecular weight is 359 g/mol. The number of hydrogen-bond donors (Lipinski definition) is 4. The zero-order chi connectivity index (χ0) is 17.6. The third kappa shape index (κ3) is 8.08. The summed E-state index contributed by atoms with van der Waals surface area (Å²) in [7, 11) is 0. The highest BCUT2D eigenvalue weighted by Gasteiger charge is 2.42. The lowest BCUT2D eigenvalue weighted by molar-refractivity contribution is 0.247. The Kier molecular flexibility index (Phi) is 12.4. The fourth-order valence-corrected chi connectivity index (χ4v) is 4.83. The molecule has 0 bridgehead atoms. The minimum absolute atomic E-state index is 0.0240. The Bertz CT molecular complexity index is 330. The first-order valence-electron chi connectivity index (χ1n) is 9.90. The van der Waals surface area contributed by atoms with Crippen molar-refractivity contribution < 1.29 is 4.79 Å². The molecule has 0 aromatic heterocycles. The molecule has 0 saturated carbocycles.